The van der Waals surface area contributed by atoms with Gasteiger partial charge in [-0.2, -0.15) is 0 Å². The monoisotopic (exact) mass is 427 g/mol. The molecule has 2 aromatic rings. The molecule has 0 atom stereocenters. The van der Waals surface area contributed by atoms with E-state index in [0.29, 0.717) is 5.75 Å². The van der Waals surface area contributed by atoms with E-state index in [-0.39, 0.29) is 34.3 Å². The number of nitrogens with one attached hydrogen (secondary N) is 1. The van der Waals surface area contributed by atoms with Gasteiger partial charge in [0.25, 0.3) is 11.6 Å². The molecule has 2 rings (SSSR count). The number of nitro benzene ring substituents is 1. The van der Waals surface area contributed by atoms with Crippen molar-refractivity contribution in [2.75, 3.05) is 27.2 Å². The van der Waals surface area contributed by atoms with Crippen molar-refractivity contribution in [2.45, 2.75) is 4.90 Å². The van der Waals surface area contributed by atoms with Crippen LogP contribution in [0.2, 0.25) is 5.02 Å². The average Bonchev–Trinajstić information content (AvgIpc) is 2.65. The zero-order chi connectivity index (χ0) is 20.9. The highest BCUT2D eigenvalue weighted by Crippen LogP contribution is 2.22. The van der Waals surface area contributed by atoms with E-state index >= 15 is 0 Å². The lowest BCUT2D eigenvalue weighted by molar-refractivity contribution is -0.384. The summed E-state index contributed by atoms with van der Waals surface area (Å²) in [6.45, 7) is 0.292. The SMILES string of the molecule is CN(C)S(=O)(=O)c1ccc(OCCNC(=O)c2ccc([N+](=O)[O-])cc2Cl)cc1. The average molecular weight is 428 g/mol. The van der Waals surface area contributed by atoms with Crippen LogP contribution in [0.15, 0.2) is 47.4 Å². The van der Waals surface area contributed by atoms with Crippen molar-refractivity contribution in [3.8, 4) is 5.75 Å². The zero-order valence-electron chi connectivity index (χ0n) is 15.1. The Balaban J connectivity index is 1.87. The van der Waals surface area contributed by atoms with E-state index in [2.05, 4.69) is 5.32 Å². The summed E-state index contributed by atoms with van der Waals surface area (Å²) in [7, 11) is -0.619. The van der Waals surface area contributed by atoms with Gasteiger partial charge in [0.2, 0.25) is 10.0 Å². The van der Waals surface area contributed by atoms with Gasteiger partial charge < -0.3 is 10.1 Å². The highest BCUT2D eigenvalue weighted by Gasteiger charge is 2.17. The normalized spacial score (nSPS) is 11.3. The molecule has 0 saturated carbocycles. The van der Waals surface area contributed by atoms with Crippen molar-refractivity contribution in [3.05, 3.63) is 63.2 Å². The number of amides is 1. The topological polar surface area (TPSA) is 119 Å². The Labute approximate surface area is 167 Å². The molecule has 0 aromatic heterocycles. The molecule has 0 aliphatic rings. The molecule has 2 aromatic carbocycles. The maximum absolute atomic E-state index is 12.1. The van der Waals surface area contributed by atoms with Crippen LogP contribution < -0.4 is 10.1 Å². The van der Waals surface area contributed by atoms with Gasteiger partial charge in [-0.3, -0.25) is 14.9 Å². The summed E-state index contributed by atoms with van der Waals surface area (Å²) in [5.41, 5.74) is -0.0878. The Morgan fingerprint density at radius 3 is 2.39 bits per heavy atom. The zero-order valence-corrected chi connectivity index (χ0v) is 16.7. The second kappa shape index (κ2) is 9.00. The number of hydrogen-bond acceptors (Lipinski definition) is 6. The number of ether oxygens (including phenoxy) is 1. The van der Waals surface area contributed by atoms with Gasteiger partial charge in [0.15, 0.2) is 0 Å². The molecule has 0 aliphatic heterocycles. The molecule has 1 amide bonds. The number of sulfonamides is 1. The van der Waals surface area contributed by atoms with E-state index in [4.69, 9.17) is 16.3 Å². The number of halogens is 1. The predicted octanol–water partition coefficient (Wildman–Crippen LogP) is 2.31. The van der Waals surface area contributed by atoms with Crippen molar-refractivity contribution in [1.82, 2.24) is 9.62 Å². The van der Waals surface area contributed by atoms with Gasteiger partial charge in [0, 0.05) is 26.2 Å². The largest absolute Gasteiger partial charge is 0.492 e. The Morgan fingerprint density at radius 1 is 1.21 bits per heavy atom. The first kappa shape index (κ1) is 21.6. The van der Waals surface area contributed by atoms with Crippen molar-refractivity contribution in [2.24, 2.45) is 0 Å². The van der Waals surface area contributed by atoms with Crippen molar-refractivity contribution in [1.29, 1.82) is 0 Å². The number of hydrogen-bond donors (Lipinski definition) is 1. The highest BCUT2D eigenvalue weighted by atomic mass is 35.5. The van der Waals surface area contributed by atoms with Crippen LogP contribution in [0.3, 0.4) is 0 Å². The van der Waals surface area contributed by atoms with E-state index in [1.54, 1.807) is 0 Å². The molecule has 0 radical (unpaired) electrons. The first-order chi connectivity index (χ1) is 13.1. The number of non-ortho nitro benzene ring substituents is 1. The van der Waals surface area contributed by atoms with Crippen LogP contribution in [-0.2, 0) is 10.0 Å². The van der Waals surface area contributed by atoms with E-state index in [1.165, 1.54) is 50.5 Å². The van der Waals surface area contributed by atoms with Crippen LogP contribution in [0.1, 0.15) is 10.4 Å². The quantitative estimate of drug-likeness (QED) is 0.392. The Hall–Kier alpha value is -2.69. The Kier molecular flexibility index (Phi) is 6.95. The molecule has 0 spiro atoms. The molecule has 0 fully saturated rings. The minimum atomic E-state index is -3.51. The van der Waals surface area contributed by atoms with Gasteiger partial charge in [0.1, 0.15) is 12.4 Å². The molecule has 9 nitrogen and oxygen atoms in total. The summed E-state index contributed by atoms with van der Waals surface area (Å²) in [4.78, 5) is 22.3. The minimum absolute atomic E-state index is 0.0229. The molecular formula is C17H18ClN3O6S. The van der Waals surface area contributed by atoms with Crippen LogP contribution in [-0.4, -0.2) is 50.8 Å². The smallest absolute Gasteiger partial charge is 0.270 e. The van der Waals surface area contributed by atoms with E-state index in [9.17, 15) is 23.3 Å². The maximum atomic E-state index is 12.1. The highest BCUT2D eigenvalue weighted by molar-refractivity contribution is 7.89. The number of rotatable bonds is 8. The molecule has 11 heteroatoms. The third-order valence-corrected chi connectivity index (χ3v) is 5.81. The third kappa shape index (κ3) is 5.18. The number of nitrogens with zero attached hydrogens (tertiary/aromatic N) is 2. The van der Waals surface area contributed by atoms with Crippen molar-refractivity contribution < 1.29 is 22.9 Å². The molecule has 0 saturated heterocycles. The van der Waals surface area contributed by atoms with E-state index < -0.39 is 20.9 Å². The minimum Gasteiger partial charge on any atom is -0.492 e. The molecular weight excluding hydrogens is 410 g/mol. The number of benzene rings is 2. The van der Waals surface area contributed by atoms with Crippen LogP contribution in [0.4, 0.5) is 5.69 Å². The van der Waals surface area contributed by atoms with Gasteiger partial charge in [-0.15, -0.1) is 0 Å². The summed E-state index contributed by atoms with van der Waals surface area (Å²) >= 11 is 5.90. The van der Waals surface area contributed by atoms with E-state index in [0.717, 1.165) is 10.4 Å². The summed E-state index contributed by atoms with van der Waals surface area (Å²) in [6.07, 6.45) is 0. The number of carbonyl (C=O) groups is 1. The second-order valence-electron chi connectivity index (χ2n) is 5.78. The maximum Gasteiger partial charge on any atom is 0.270 e. The molecule has 0 aliphatic carbocycles. The molecule has 150 valence electrons. The number of carbonyl (C=O) groups excluding carboxylic acids is 1. The summed E-state index contributed by atoms with van der Waals surface area (Å²) < 4.78 is 30.5. The Bertz CT molecular complexity index is 977. The van der Waals surface area contributed by atoms with E-state index in [1.807, 2.05) is 0 Å². The van der Waals surface area contributed by atoms with Crippen LogP contribution >= 0.6 is 11.6 Å². The van der Waals surface area contributed by atoms with Gasteiger partial charge in [0.05, 0.1) is 26.9 Å². The second-order valence-corrected chi connectivity index (χ2v) is 8.34. The Morgan fingerprint density at radius 2 is 1.86 bits per heavy atom. The standard InChI is InChI=1S/C17H18ClN3O6S/c1-20(2)28(25,26)14-6-4-13(5-7-14)27-10-9-19-17(22)15-8-3-12(21(23)24)11-16(15)18/h3-8,11H,9-10H2,1-2H3,(H,19,22). The fourth-order valence-electron chi connectivity index (χ4n) is 2.15. The fourth-order valence-corrected chi connectivity index (χ4v) is 3.31. The molecule has 0 bridgehead atoms. The summed E-state index contributed by atoms with van der Waals surface area (Å²) in [6, 6.07) is 9.48. The lowest BCUT2D eigenvalue weighted by Crippen LogP contribution is -2.28. The summed E-state index contributed by atoms with van der Waals surface area (Å²) in [5.74, 6) is -0.0451. The van der Waals surface area contributed by atoms with Gasteiger partial charge in [-0.05, 0) is 30.3 Å². The lowest BCUT2D eigenvalue weighted by Gasteiger charge is -2.12. The molecule has 1 N–H and O–H groups in total. The fraction of sp³-hybridized carbons (Fsp3) is 0.235. The van der Waals surface area contributed by atoms with Crippen LogP contribution in [0.5, 0.6) is 5.75 Å². The predicted molar refractivity (Wildman–Crippen MR) is 103 cm³/mol. The molecule has 28 heavy (non-hydrogen) atoms. The van der Waals surface area contributed by atoms with Gasteiger partial charge >= 0.3 is 0 Å². The summed E-state index contributed by atoms with van der Waals surface area (Å²) in [5, 5.41) is 13.2. The first-order valence-corrected chi connectivity index (χ1v) is 9.82. The first-order valence-electron chi connectivity index (χ1n) is 8.00. The van der Waals surface area contributed by atoms with Gasteiger partial charge in [-0.25, -0.2) is 12.7 Å². The number of nitro groups is 1. The molecule has 0 unspecified atom stereocenters. The van der Waals surface area contributed by atoms with Crippen LogP contribution in [0.25, 0.3) is 0 Å². The van der Waals surface area contributed by atoms with Gasteiger partial charge in [-0.1, -0.05) is 11.6 Å². The lowest BCUT2D eigenvalue weighted by atomic mass is 10.2. The van der Waals surface area contributed by atoms with Crippen molar-refractivity contribution >= 4 is 33.2 Å². The third-order valence-electron chi connectivity index (χ3n) is 3.67. The molecule has 0 heterocycles. The van der Waals surface area contributed by atoms with Crippen molar-refractivity contribution in [3.63, 3.8) is 0 Å². The van der Waals surface area contributed by atoms with Crippen LogP contribution in [0, 0.1) is 10.1 Å².